The van der Waals surface area contributed by atoms with Crippen molar-refractivity contribution in [3.8, 4) is 11.6 Å². The zero-order valence-corrected chi connectivity index (χ0v) is 11.0. The van der Waals surface area contributed by atoms with Crippen molar-refractivity contribution in [1.29, 1.82) is 0 Å². The Kier molecular flexibility index (Phi) is 3.63. The number of hydrogen-bond acceptors (Lipinski definition) is 3. The number of nitrogens with zero attached hydrogens (tertiary/aromatic N) is 1. The third-order valence-electron chi connectivity index (χ3n) is 2.88. The van der Waals surface area contributed by atoms with Gasteiger partial charge in [0.2, 0.25) is 5.88 Å². The van der Waals surface area contributed by atoms with Crippen LogP contribution in [0.3, 0.4) is 0 Å². The van der Waals surface area contributed by atoms with E-state index >= 15 is 0 Å². The number of hydrogen-bond donors (Lipinski definition) is 1. The Labute approximate surface area is 108 Å². The van der Waals surface area contributed by atoms with Crippen LogP contribution < -0.4 is 10.5 Å². The fraction of sp³-hybridized carbons (Fsp3) is 0.267. The highest BCUT2D eigenvalue weighted by Crippen LogP contribution is 2.26. The van der Waals surface area contributed by atoms with E-state index in [1.165, 1.54) is 5.56 Å². The summed E-state index contributed by atoms with van der Waals surface area (Å²) in [5.74, 6) is 1.40. The minimum atomic E-state index is 0.431. The minimum Gasteiger partial charge on any atom is -0.439 e. The van der Waals surface area contributed by atoms with E-state index in [-0.39, 0.29) is 0 Å². The number of ether oxygens (including phenoxy) is 1. The largest absolute Gasteiger partial charge is 0.439 e. The van der Waals surface area contributed by atoms with E-state index in [9.17, 15) is 0 Å². The van der Waals surface area contributed by atoms with E-state index in [1.54, 1.807) is 0 Å². The van der Waals surface area contributed by atoms with Crippen molar-refractivity contribution in [2.24, 2.45) is 5.73 Å². The molecule has 94 valence electrons. The highest BCUT2D eigenvalue weighted by molar-refractivity contribution is 5.39. The summed E-state index contributed by atoms with van der Waals surface area (Å²) >= 11 is 0. The Morgan fingerprint density at radius 1 is 1.11 bits per heavy atom. The van der Waals surface area contributed by atoms with E-state index in [1.807, 2.05) is 51.1 Å². The highest BCUT2D eigenvalue weighted by atomic mass is 16.5. The number of pyridine rings is 1. The molecule has 0 saturated carbocycles. The lowest BCUT2D eigenvalue weighted by molar-refractivity contribution is 0.454. The average Bonchev–Trinajstić information content (AvgIpc) is 2.32. The lowest BCUT2D eigenvalue weighted by atomic mass is 10.1. The van der Waals surface area contributed by atoms with Gasteiger partial charge in [0, 0.05) is 17.8 Å². The Morgan fingerprint density at radius 3 is 2.39 bits per heavy atom. The van der Waals surface area contributed by atoms with Gasteiger partial charge >= 0.3 is 0 Å². The number of aromatic nitrogens is 1. The van der Waals surface area contributed by atoms with E-state index in [0.29, 0.717) is 12.4 Å². The molecule has 1 aromatic carbocycles. The number of nitrogens with two attached hydrogens (primary N) is 1. The smallest absolute Gasteiger partial charge is 0.224 e. The predicted octanol–water partition coefficient (Wildman–Crippen LogP) is 3.26. The van der Waals surface area contributed by atoms with Crippen molar-refractivity contribution in [3.05, 3.63) is 52.7 Å². The number of benzene rings is 1. The lowest BCUT2D eigenvalue weighted by Gasteiger charge is -2.12. The summed E-state index contributed by atoms with van der Waals surface area (Å²) in [6.45, 7) is 6.46. The maximum absolute atomic E-state index is 5.83. The summed E-state index contributed by atoms with van der Waals surface area (Å²) in [7, 11) is 0. The van der Waals surface area contributed by atoms with E-state index in [2.05, 4.69) is 4.98 Å². The van der Waals surface area contributed by atoms with E-state index < -0.39 is 0 Å². The van der Waals surface area contributed by atoms with Crippen LogP contribution in [0.25, 0.3) is 0 Å². The first-order chi connectivity index (χ1) is 8.60. The van der Waals surface area contributed by atoms with Gasteiger partial charge in [-0.05, 0) is 44.5 Å². The second kappa shape index (κ2) is 5.19. The minimum absolute atomic E-state index is 0.431. The molecule has 0 amide bonds. The van der Waals surface area contributed by atoms with Crippen LogP contribution in [0.15, 0.2) is 30.3 Å². The molecular weight excluding hydrogens is 224 g/mol. The van der Waals surface area contributed by atoms with Crippen molar-refractivity contribution in [2.45, 2.75) is 27.3 Å². The first kappa shape index (κ1) is 12.6. The van der Waals surface area contributed by atoms with Gasteiger partial charge in [-0.3, -0.25) is 0 Å². The molecule has 0 aliphatic carbocycles. The summed E-state index contributed by atoms with van der Waals surface area (Å²) < 4.78 is 5.83. The van der Waals surface area contributed by atoms with Gasteiger partial charge in [0.15, 0.2) is 0 Å². The molecule has 3 heteroatoms. The molecule has 0 saturated heterocycles. The molecule has 0 spiro atoms. The molecule has 2 rings (SSSR count). The molecule has 0 unspecified atom stereocenters. The third kappa shape index (κ3) is 2.68. The molecule has 18 heavy (non-hydrogen) atoms. The zero-order valence-electron chi connectivity index (χ0n) is 11.0. The maximum atomic E-state index is 5.83. The Morgan fingerprint density at radius 2 is 1.78 bits per heavy atom. The fourth-order valence-electron chi connectivity index (χ4n) is 1.88. The lowest BCUT2D eigenvalue weighted by Crippen LogP contribution is -2.05. The summed E-state index contributed by atoms with van der Waals surface area (Å²) in [6, 6.07) is 9.92. The standard InChI is InChI=1S/C15H18N2O/c1-10-4-6-13(7-5-10)18-15-14(9-16)11(2)8-12(3)17-15/h4-8H,9,16H2,1-3H3. The highest BCUT2D eigenvalue weighted by Gasteiger charge is 2.09. The third-order valence-corrected chi connectivity index (χ3v) is 2.88. The number of aryl methyl sites for hydroxylation is 3. The van der Waals surface area contributed by atoms with Gasteiger partial charge in [0.1, 0.15) is 5.75 Å². The van der Waals surface area contributed by atoms with Crippen LogP contribution in [0.1, 0.15) is 22.4 Å². The maximum Gasteiger partial charge on any atom is 0.224 e. The molecular formula is C15H18N2O. The van der Waals surface area contributed by atoms with Crippen molar-refractivity contribution >= 4 is 0 Å². The van der Waals surface area contributed by atoms with Crippen LogP contribution in [0.2, 0.25) is 0 Å². The predicted molar refractivity (Wildman–Crippen MR) is 72.9 cm³/mol. The second-order valence-corrected chi connectivity index (χ2v) is 4.48. The van der Waals surface area contributed by atoms with Gasteiger partial charge in [-0.2, -0.15) is 0 Å². The Balaban J connectivity index is 2.36. The molecule has 0 fully saturated rings. The van der Waals surface area contributed by atoms with Gasteiger partial charge in [0.05, 0.1) is 0 Å². The fourth-order valence-corrected chi connectivity index (χ4v) is 1.88. The van der Waals surface area contributed by atoms with Gasteiger partial charge in [-0.25, -0.2) is 4.98 Å². The topological polar surface area (TPSA) is 48.1 Å². The summed E-state index contributed by atoms with van der Waals surface area (Å²) in [5, 5.41) is 0. The molecule has 0 aliphatic rings. The SMILES string of the molecule is Cc1ccc(Oc2nc(C)cc(C)c2CN)cc1. The van der Waals surface area contributed by atoms with Crippen LogP contribution in [0.5, 0.6) is 11.6 Å². The van der Waals surface area contributed by atoms with Gasteiger partial charge in [-0.15, -0.1) is 0 Å². The Hall–Kier alpha value is -1.87. The van der Waals surface area contributed by atoms with Crippen LogP contribution in [-0.2, 0) is 6.54 Å². The second-order valence-electron chi connectivity index (χ2n) is 4.48. The molecule has 3 nitrogen and oxygen atoms in total. The van der Waals surface area contributed by atoms with Crippen LogP contribution in [0, 0.1) is 20.8 Å². The van der Waals surface area contributed by atoms with E-state index in [4.69, 9.17) is 10.5 Å². The van der Waals surface area contributed by atoms with E-state index in [0.717, 1.165) is 22.6 Å². The molecule has 0 radical (unpaired) electrons. The molecule has 0 atom stereocenters. The van der Waals surface area contributed by atoms with Crippen molar-refractivity contribution in [3.63, 3.8) is 0 Å². The summed E-state index contributed by atoms with van der Waals surface area (Å²) in [4.78, 5) is 4.42. The summed E-state index contributed by atoms with van der Waals surface area (Å²) in [6.07, 6.45) is 0. The van der Waals surface area contributed by atoms with Crippen LogP contribution in [0.4, 0.5) is 0 Å². The van der Waals surface area contributed by atoms with Gasteiger partial charge in [-0.1, -0.05) is 17.7 Å². The molecule has 0 aliphatic heterocycles. The van der Waals surface area contributed by atoms with Crippen molar-refractivity contribution < 1.29 is 4.74 Å². The van der Waals surface area contributed by atoms with Crippen molar-refractivity contribution in [1.82, 2.24) is 4.98 Å². The Bertz CT molecular complexity index is 547. The molecule has 1 aromatic heterocycles. The quantitative estimate of drug-likeness (QED) is 0.898. The average molecular weight is 242 g/mol. The number of rotatable bonds is 3. The molecule has 2 N–H and O–H groups in total. The first-order valence-corrected chi connectivity index (χ1v) is 6.02. The molecule has 2 aromatic rings. The molecule has 0 bridgehead atoms. The molecule has 1 heterocycles. The normalized spacial score (nSPS) is 10.4. The van der Waals surface area contributed by atoms with Crippen LogP contribution in [-0.4, -0.2) is 4.98 Å². The van der Waals surface area contributed by atoms with Crippen LogP contribution >= 0.6 is 0 Å². The summed E-state index contributed by atoms with van der Waals surface area (Å²) in [5.41, 5.74) is 9.98. The zero-order chi connectivity index (χ0) is 13.1. The van der Waals surface area contributed by atoms with Gasteiger partial charge in [0.25, 0.3) is 0 Å². The van der Waals surface area contributed by atoms with Crippen molar-refractivity contribution in [2.75, 3.05) is 0 Å². The van der Waals surface area contributed by atoms with Gasteiger partial charge < -0.3 is 10.5 Å². The monoisotopic (exact) mass is 242 g/mol. The first-order valence-electron chi connectivity index (χ1n) is 6.02.